The van der Waals surface area contributed by atoms with Crippen LogP contribution in [0.4, 0.5) is 4.39 Å². The normalized spacial score (nSPS) is 22.3. The first-order valence-electron chi connectivity index (χ1n) is 6.19. The Morgan fingerprint density at radius 3 is 2.68 bits per heavy atom. The van der Waals surface area contributed by atoms with Gasteiger partial charge < -0.3 is 10.2 Å². The first-order valence-corrected chi connectivity index (χ1v) is 6.19. The molecule has 1 heterocycles. The van der Waals surface area contributed by atoms with Gasteiger partial charge in [-0.1, -0.05) is 12.1 Å². The van der Waals surface area contributed by atoms with Crippen molar-refractivity contribution in [3.05, 3.63) is 35.6 Å². The lowest BCUT2D eigenvalue weighted by Crippen LogP contribution is -2.66. The van der Waals surface area contributed by atoms with Crippen LogP contribution in [0, 0.1) is 5.82 Å². The number of hydrogen-bond acceptors (Lipinski definition) is 2. The Morgan fingerprint density at radius 1 is 1.37 bits per heavy atom. The molecular weight excluding hydrogens is 247 g/mol. The molecule has 1 atom stereocenters. The minimum absolute atomic E-state index is 0.163. The lowest BCUT2D eigenvalue weighted by atomic mass is 9.97. The fourth-order valence-electron chi connectivity index (χ4n) is 2.18. The predicted molar refractivity (Wildman–Crippen MR) is 68.6 cm³/mol. The summed E-state index contributed by atoms with van der Waals surface area (Å²) in [7, 11) is 0. The average molecular weight is 264 g/mol. The second kappa shape index (κ2) is 4.64. The Labute approximate surface area is 111 Å². The molecule has 0 aromatic heterocycles. The first kappa shape index (κ1) is 13.5. The van der Waals surface area contributed by atoms with Gasteiger partial charge in [-0.2, -0.15) is 0 Å². The van der Waals surface area contributed by atoms with E-state index in [1.807, 2.05) is 0 Å². The number of carbonyl (C=O) groups is 2. The van der Waals surface area contributed by atoms with E-state index in [-0.39, 0.29) is 24.2 Å². The highest BCUT2D eigenvalue weighted by Gasteiger charge is 2.43. The monoisotopic (exact) mass is 264 g/mol. The minimum Gasteiger partial charge on any atom is -0.340 e. The Bertz CT molecular complexity index is 528. The van der Waals surface area contributed by atoms with E-state index in [4.69, 9.17) is 0 Å². The van der Waals surface area contributed by atoms with Crippen LogP contribution in [0.2, 0.25) is 0 Å². The van der Waals surface area contributed by atoms with Crippen molar-refractivity contribution in [3.63, 3.8) is 0 Å². The van der Waals surface area contributed by atoms with Crippen molar-refractivity contribution in [1.29, 1.82) is 0 Å². The fraction of sp³-hybridized carbons (Fsp3) is 0.429. The molecule has 0 radical (unpaired) electrons. The second-order valence-electron chi connectivity index (χ2n) is 5.35. The number of nitrogens with one attached hydrogen (secondary N) is 1. The van der Waals surface area contributed by atoms with Crippen LogP contribution in [0.1, 0.15) is 26.3 Å². The van der Waals surface area contributed by atoms with Crippen molar-refractivity contribution in [3.8, 4) is 0 Å². The van der Waals surface area contributed by atoms with E-state index in [2.05, 4.69) is 5.32 Å². The van der Waals surface area contributed by atoms with Crippen molar-refractivity contribution in [1.82, 2.24) is 10.2 Å². The molecule has 5 heteroatoms. The van der Waals surface area contributed by atoms with Crippen molar-refractivity contribution in [2.45, 2.75) is 38.9 Å². The van der Waals surface area contributed by atoms with E-state index in [0.717, 1.165) is 0 Å². The van der Waals surface area contributed by atoms with E-state index >= 15 is 0 Å². The highest BCUT2D eigenvalue weighted by Crippen LogP contribution is 2.20. The molecule has 1 N–H and O–H groups in total. The number of benzene rings is 1. The SMILES string of the molecule is CC1C(=O)NC(C)(C)C(=O)N1Cc1cccc(F)c1. The zero-order valence-electron chi connectivity index (χ0n) is 11.2. The van der Waals surface area contributed by atoms with Gasteiger partial charge >= 0.3 is 0 Å². The van der Waals surface area contributed by atoms with Gasteiger partial charge in [-0.3, -0.25) is 9.59 Å². The largest absolute Gasteiger partial charge is 0.340 e. The topological polar surface area (TPSA) is 49.4 Å². The van der Waals surface area contributed by atoms with E-state index < -0.39 is 11.6 Å². The average Bonchev–Trinajstić information content (AvgIpc) is 2.32. The number of nitrogens with zero attached hydrogens (tertiary/aromatic N) is 1. The van der Waals surface area contributed by atoms with Gasteiger partial charge in [0.05, 0.1) is 0 Å². The fourth-order valence-corrected chi connectivity index (χ4v) is 2.18. The molecule has 0 bridgehead atoms. The molecule has 1 aliphatic rings. The molecule has 0 aliphatic carbocycles. The summed E-state index contributed by atoms with van der Waals surface area (Å²) in [5.41, 5.74) is -0.248. The summed E-state index contributed by atoms with van der Waals surface area (Å²) in [5, 5.41) is 2.68. The number of amides is 2. The smallest absolute Gasteiger partial charge is 0.248 e. The number of rotatable bonds is 2. The molecule has 1 aromatic carbocycles. The molecule has 1 unspecified atom stereocenters. The third-order valence-electron chi connectivity index (χ3n) is 3.32. The van der Waals surface area contributed by atoms with E-state index in [1.54, 1.807) is 32.9 Å². The molecule has 1 saturated heterocycles. The van der Waals surface area contributed by atoms with Gasteiger partial charge in [-0.05, 0) is 38.5 Å². The molecule has 1 aromatic rings. The maximum Gasteiger partial charge on any atom is 0.248 e. The lowest BCUT2D eigenvalue weighted by molar-refractivity contribution is -0.153. The summed E-state index contributed by atoms with van der Waals surface area (Å²) in [5.74, 6) is -0.705. The Kier molecular flexibility index (Phi) is 3.30. The molecule has 0 saturated carbocycles. The number of carbonyl (C=O) groups excluding carboxylic acids is 2. The van der Waals surface area contributed by atoms with Gasteiger partial charge in [0.1, 0.15) is 17.4 Å². The Balaban J connectivity index is 2.26. The van der Waals surface area contributed by atoms with E-state index in [9.17, 15) is 14.0 Å². The summed E-state index contributed by atoms with van der Waals surface area (Å²) in [6.45, 7) is 5.23. The third kappa shape index (κ3) is 2.59. The van der Waals surface area contributed by atoms with Gasteiger partial charge in [0.15, 0.2) is 0 Å². The number of hydrogen-bond donors (Lipinski definition) is 1. The quantitative estimate of drug-likeness (QED) is 0.879. The standard InChI is InChI=1S/C14H17FN2O2/c1-9-12(18)16-14(2,3)13(19)17(9)8-10-5-4-6-11(15)7-10/h4-7,9H,8H2,1-3H3,(H,16,18). The van der Waals surface area contributed by atoms with Gasteiger partial charge in [-0.25, -0.2) is 4.39 Å². The van der Waals surface area contributed by atoms with E-state index in [0.29, 0.717) is 5.56 Å². The van der Waals surface area contributed by atoms with Gasteiger partial charge in [0.2, 0.25) is 11.8 Å². The highest BCUT2D eigenvalue weighted by molar-refractivity contribution is 5.99. The Hall–Kier alpha value is -1.91. The van der Waals surface area contributed by atoms with Crippen LogP contribution in [0.15, 0.2) is 24.3 Å². The number of halogens is 1. The molecule has 19 heavy (non-hydrogen) atoms. The van der Waals surface area contributed by atoms with Crippen LogP contribution in [0.3, 0.4) is 0 Å². The van der Waals surface area contributed by atoms with E-state index in [1.165, 1.54) is 17.0 Å². The predicted octanol–water partition coefficient (Wildman–Crippen LogP) is 1.45. The maximum absolute atomic E-state index is 13.2. The molecular formula is C14H17FN2O2. The van der Waals surface area contributed by atoms with Crippen LogP contribution in [0.5, 0.6) is 0 Å². The zero-order valence-corrected chi connectivity index (χ0v) is 11.2. The zero-order chi connectivity index (χ0) is 14.2. The van der Waals surface area contributed by atoms with Crippen LogP contribution < -0.4 is 5.32 Å². The summed E-state index contributed by atoms with van der Waals surface area (Å²) in [4.78, 5) is 25.6. The van der Waals surface area contributed by atoms with Crippen molar-refractivity contribution in [2.24, 2.45) is 0 Å². The lowest BCUT2D eigenvalue weighted by Gasteiger charge is -2.41. The molecule has 1 aliphatic heterocycles. The molecule has 1 fully saturated rings. The van der Waals surface area contributed by atoms with Crippen LogP contribution >= 0.6 is 0 Å². The summed E-state index contributed by atoms with van der Waals surface area (Å²) < 4.78 is 13.2. The first-order chi connectivity index (χ1) is 8.81. The molecule has 0 spiro atoms. The van der Waals surface area contributed by atoms with Crippen molar-refractivity contribution >= 4 is 11.8 Å². The van der Waals surface area contributed by atoms with Gasteiger partial charge in [-0.15, -0.1) is 0 Å². The highest BCUT2D eigenvalue weighted by atomic mass is 19.1. The summed E-state index contributed by atoms with van der Waals surface area (Å²) in [6.07, 6.45) is 0. The van der Waals surface area contributed by atoms with Crippen LogP contribution in [-0.4, -0.2) is 28.3 Å². The maximum atomic E-state index is 13.2. The summed E-state index contributed by atoms with van der Waals surface area (Å²) in [6, 6.07) is 5.50. The molecule has 102 valence electrons. The van der Waals surface area contributed by atoms with Crippen molar-refractivity contribution < 1.29 is 14.0 Å². The molecule has 4 nitrogen and oxygen atoms in total. The van der Waals surface area contributed by atoms with Crippen LogP contribution in [0.25, 0.3) is 0 Å². The van der Waals surface area contributed by atoms with Crippen LogP contribution in [-0.2, 0) is 16.1 Å². The summed E-state index contributed by atoms with van der Waals surface area (Å²) >= 11 is 0. The minimum atomic E-state index is -0.920. The number of piperazine rings is 1. The second-order valence-corrected chi connectivity index (χ2v) is 5.35. The third-order valence-corrected chi connectivity index (χ3v) is 3.32. The Morgan fingerprint density at radius 2 is 2.05 bits per heavy atom. The van der Waals surface area contributed by atoms with Gasteiger partial charge in [0, 0.05) is 6.54 Å². The molecule has 2 rings (SSSR count). The molecule has 2 amide bonds. The van der Waals surface area contributed by atoms with Gasteiger partial charge in [0.25, 0.3) is 0 Å². The van der Waals surface area contributed by atoms with Crippen molar-refractivity contribution in [2.75, 3.05) is 0 Å².